The first kappa shape index (κ1) is 71.4. The lowest BCUT2D eigenvalue weighted by Gasteiger charge is -2.40. The number of carbonyl (C=O) groups is 4. The predicted octanol–water partition coefficient (Wildman–Crippen LogP) is 16.3. The summed E-state index contributed by atoms with van der Waals surface area (Å²) in [5.41, 5.74) is 0. The van der Waals surface area contributed by atoms with Crippen molar-refractivity contribution < 1.29 is 58.2 Å². The van der Waals surface area contributed by atoms with Crippen LogP contribution in [0.25, 0.3) is 0 Å². The molecule has 3 N–H and O–H groups in total. The average molecular weight is 1090 g/mol. The lowest BCUT2D eigenvalue weighted by molar-refractivity contribution is -0.301. The summed E-state index contributed by atoms with van der Waals surface area (Å²) in [4.78, 5) is 51.1. The highest BCUT2D eigenvalue weighted by Gasteiger charge is 2.50. The molecule has 0 spiro atoms. The van der Waals surface area contributed by atoms with Crippen LogP contribution in [-0.4, -0.2) is 89.2 Å². The largest absolute Gasteiger partial charge is 0.479 e. The Morgan fingerprint density at radius 1 is 0.442 bits per heavy atom. The number of ether oxygens (including phenoxy) is 5. The first-order valence-electron chi connectivity index (χ1n) is 31.3. The fraction of sp³-hybridized carbons (Fsp3) is 0.785. The third-order valence-corrected chi connectivity index (χ3v) is 14.1. The zero-order chi connectivity index (χ0) is 56.1. The lowest BCUT2D eigenvalue weighted by Crippen LogP contribution is -2.61. The Labute approximate surface area is 468 Å². The molecule has 12 nitrogen and oxygen atoms in total. The van der Waals surface area contributed by atoms with Crippen LogP contribution in [0.5, 0.6) is 0 Å². The maximum atomic E-state index is 13.1. The topological polar surface area (TPSA) is 175 Å². The molecule has 1 fully saturated rings. The second-order valence-corrected chi connectivity index (χ2v) is 21.3. The second kappa shape index (κ2) is 53.1. The summed E-state index contributed by atoms with van der Waals surface area (Å²) in [6.07, 6.45) is 53.5. The van der Waals surface area contributed by atoms with E-state index in [1.54, 1.807) is 0 Å². The van der Waals surface area contributed by atoms with Crippen LogP contribution >= 0.6 is 0 Å². The molecule has 0 bridgehead atoms. The van der Waals surface area contributed by atoms with E-state index in [2.05, 4.69) is 75.5 Å². The normalized spacial score (nSPS) is 18.4. The van der Waals surface area contributed by atoms with Crippen molar-refractivity contribution in [3.63, 3.8) is 0 Å². The third kappa shape index (κ3) is 43.0. The molecule has 0 amide bonds. The summed E-state index contributed by atoms with van der Waals surface area (Å²) < 4.78 is 28.4. The Balaban J connectivity index is 2.68. The van der Waals surface area contributed by atoms with Crippen LogP contribution in [0.4, 0.5) is 0 Å². The van der Waals surface area contributed by atoms with E-state index in [4.69, 9.17) is 23.7 Å². The summed E-state index contributed by atoms with van der Waals surface area (Å²) in [5, 5.41) is 31.5. The molecule has 0 aromatic heterocycles. The number of rotatable bonds is 53. The van der Waals surface area contributed by atoms with Crippen LogP contribution < -0.4 is 0 Å². The van der Waals surface area contributed by atoms with Gasteiger partial charge in [0, 0.05) is 19.3 Å². The zero-order valence-corrected chi connectivity index (χ0v) is 49.0. The second-order valence-electron chi connectivity index (χ2n) is 21.3. The molecule has 0 aliphatic carbocycles. The average Bonchev–Trinajstić information content (AvgIpc) is 3.42. The van der Waals surface area contributed by atoms with Crippen LogP contribution in [0.2, 0.25) is 0 Å². The van der Waals surface area contributed by atoms with Gasteiger partial charge in [0.25, 0.3) is 0 Å². The number of carboxylic acid groups (broad SMARTS) is 1. The van der Waals surface area contributed by atoms with E-state index in [9.17, 15) is 34.5 Å². The van der Waals surface area contributed by atoms with Gasteiger partial charge in [-0.05, 0) is 57.8 Å². The van der Waals surface area contributed by atoms with Gasteiger partial charge in [-0.3, -0.25) is 14.4 Å². The Bertz CT molecular complexity index is 1570. The summed E-state index contributed by atoms with van der Waals surface area (Å²) in [6, 6.07) is 0. The van der Waals surface area contributed by atoms with E-state index >= 15 is 0 Å². The molecule has 6 atom stereocenters. The molecule has 0 aromatic rings. The lowest BCUT2D eigenvalue weighted by atomic mass is 9.98. The van der Waals surface area contributed by atoms with Crippen molar-refractivity contribution in [2.45, 2.75) is 314 Å². The number of carboxylic acids is 1. The quantitative estimate of drug-likeness (QED) is 0.0228. The SMILES string of the molecule is CC/C=C\C/C=C\C/C=C\C/C=C\C/C=C\CCCC(=O)OC(COC(=O)CCCCCCCCCCCCCCCCCCCCC)COC1OC(C(=O)O)C(O)C(O)C1OC(=O)CCCCCCCCCCCCC. The standard InChI is InChI=1S/C65H112O12/c1-4-7-10-13-16-19-22-24-26-28-29-31-32-34-37-39-42-45-48-51-57(66)73-54-56(75-58(67)52-49-46-43-41-38-35-33-30-27-25-23-20-17-14-11-8-5-2)55-74-65-63(61(70)60(69)62(77-65)64(71)72)76-59(68)53-50-47-44-40-36-21-18-15-12-9-6-3/h8,11,17,20,25,27,33,35,41,43,56,60-63,65,69-70H,4-7,9-10,12-16,18-19,21-24,26,28-32,34,36-40,42,44-55H2,1-3H3,(H,71,72)/b11-8-,20-17-,27-25-,35-33-,43-41-. The number of aliphatic hydroxyl groups excluding tert-OH is 2. The Morgan fingerprint density at radius 3 is 1.23 bits per heavy atom. The predicted molar refractivity (Wildman–Crippen MR) is 312 cm³/mol. The number of unbranched alkanes of at least 4 members (excludes halogenated alkanes) is 29. The molecule has 1 heterocycles. The fourth-order valence-corrected chi connectivity index (χ4v) is 9.35. The zero-order valence-electron chi connectivity index (χ0n) is 49.0. The summed E-state index contributed by atoms with van der Waals surface area (Å²) in [5.74, 6) is -3.18. The number of hydrogen-bond acceptors (Lipinski definition) is 11. The molecule has 1 rings (SSSR count). The van der Waals surface area contributed by atoms with E-state index in [1.165, 1.54) is 135 Å². The van der Waals surface area contributed by atoms with Crippen LogP contribution in [0.15, 0.2) is 60.8 Å². The van der Waals surface area contributed by atoms with Gasteiger partial charge in [-0.1, -0.05) is 261 Å². The first-order valence-corrected chi connectivity index (χ1v) is 31.3. The highest BCUT2D eigenvalue weighted by molar-refractivity contribution is 5.74. The first-order chi connectivity index (χ1) is 37.6. The fourth-order valence-electron chi connectivity index (χ4n) is 9.35. The minimum atomic E-state index is -1.91. The number of allylic oxidation sites excluding steroid dienone is 10. The third-order valence-electron chi connectivity index (χ3n) is 14.1. The molecule has 0 radical (unpaired) electrons. The maximum Gasteiger partial charge on any atom is 0.335 e. The summed E-state index contributed by atoms with van der Waals surface area (Å²) in [6.45, 7) is 5.85. The minimum absolute atomic E-state index is 0.0563. The smallest absolute Gasteiger partial charge is 0.335 e. The number of aliphatic hydroxyl groups is 2. The number of esters is 3. The molecular formula is C65H112O12. The number of hydrogen-bond donors (Lipinski definition) is 3. The number of aliphatic carboxylic acids is 1. The van der Waals surface area contributed by atoms with E-state index in [0.29, 0.717) is 25.7 Å². The van der Waals surface area contributed by atoms with Crippen LogP contribution in [-0.2, 0) is 42.9 Å². The molecular weight excluding hydrogens is 973 g/mol. The number of carbonyl (C=O) groups excluding carboxylic acids is 3. The van der Waals surface area contributed by atoms with E-state index in [1.807, 2.05) is 6.08 Å². The summed E-state index contributed by atoms with van der Waals surface area (Å²) >= 11 is 0. The molecule has 77 heavy (non-hydrogen) atoms. The van der Waals surface area contributed by atoms with Crippen LogP contribution in [0, 0.1) is 0 Å². The van der Waals surface area contributed by atoms with Crippen LogP contribution in [0.3, 0.4) is 0 Å². The molecule has 1 saturated heterocycles. The maximum absolute atomic E-state index is 13.1. The van der Waals surface area contributed by atoms with Gasteiger partial charge >= 0.3 is 23.9 Å². The van der Waals surface area contributed by atoms with Gasteiger partial charge in [0.05, 0.1) is 6.61 Å². The monoisotopic (exact) mass is 1080 g/mol. The van der Waals surface area contributed by atoms with Crippen molar-refractivity contribution in [2.75, 3.05) is 13.2 Å². The Morgan fingerprint density at radius 2 is 0.818 bits per heavy atom. The van der Waals surface area contributed by atoms with E-state index < -0.39 is 67.3 Å². The highest BCUT2D eigenvalue weighted by Crippen LogP contribution is 2.27. The Hall–Kier alpha value is -3.58. The molecule has 6 unspecified atom stereocenters. The van der Waals surface area contributed by atoms with Crippen molar-refractivity contribution in [3.05, 3.63) is 60.8 Å². The molecule has 0 aromatic carbocycles. The van der Waals surface area contributed by atoms with Gasteiger partial charge in [0.2, 0.25) is 0 Å². The minimum Gasteiger partial charge on any atom is -0.479 e. The molecule has 0 saturated carbocycles. The van der Waals surface area contributed by atoms with Gasteiger partial charge in [0.15, 0.2) is 24.6 Å². The van der Waals surface area contributed by atoms with Crippen molar-refractivity contribution in [1.82, 2.24) is 0 Å². The summed E-state index contributed by atoms with van der Waals surface area (Å²) in [7, 11) is 0. The van der Waals surface area contributed by atoms with Crippen LogP contribution in [0.1, 0.15) is 278 Å². The molecule has 1 aliphatic rings. The van der Waals surface area contributed by atoms with Gasteiger partial charge in [-0.2, -0.15) is 0 Å². The van der Waals surface area contributed by atoms with E-state index in [0.717, 1.165) is 77.0 Å². The van der Waals surface area contributed by atoms with Gasteiger partial charge in [0.1, 0.15) is 18.8 Å². The van der Waals surface area contributed by atoms with Gasteiger partial charge in [-0.15, -0.1) is 0 Å². The Kier molecular flexibility index (Phi) is 49.2. The van der Waals surface area contributed by atoms with Gasteiger partial charge in [-0.25, -0.2) is 4.79 Å². The van der Waals surface area contributed by atoms with Gasteiger partial charge < -0.3 is 39.0 Å². The molecule has 1 aliphatic heterocycles. The van der Waals surface area contributed by atoms with Crippen molar-refractivity contribution in [1.29, 1.82) is 0 Å². The van der Waals surface area contributed by atoms with Crippen molar-refractivity contribution in [3.8, 4) is 0 Å². The highest BCUT2D eigenvalue weighted by atomic mass is 16.7. The van der Waals surface area contributed by atoms with E-state index in [-0.39, 0.29) is 25.9 Å². The molecule has 444 valence electrons. The van der Waals surface area contributed by atoms with Crippen molar-refractivity contribution in [2.24, 2.45) is 0 Å². The van der Waals surface area contributed by atoms with Crippen molar-refractivity contribution >= 4 is 23.9 Å². The molecule has 12 heteroatoms.